The lowest BCUT2D eigenvalue weighted by molar-refractivity contribution is 0.181. The van der Waals surface area contributed by atoms with E-state index in [1.54, 1.807) is 31.4 Å². The van der Waals surface area contributed by atoms with E-state index < -0.39 is 0 Å². The molecule has 5 rings (SSSR count). The van der Waals surface area contributed by atoms with Crippen LogP contribution in [-0.4, -0.2) is 55.0 Å². The molecule has 1 saturated heterocycles. The van der Waals surface area contributed by atoms with E-state index in [9.17, 15) is 4.79 Å². The van der Waals surface area contributed by atoms with Gasteiger partial charge in [0.2, 0.25) is 0 Å². The molecule has 0 saturated carbocycles. The summed E-state index contributed by atoms with van der Waals surface area (Å²) in [6.07, 6.45) is 0. The molecule has 0 bridgehead atoms. The number of piperazine rings is 1. The van der Waals surface area contributed by atoms with Crippen molar-refractivity contribution in [1.29, 1.82) is 0 Å². The lowest BCUT2D eigenvalue weighted by Crippen LogP contribution is -2.51. The zero-order valence-electron chi connectivity index (χ0n) is 18.1. The molecule has 1 fully saturated rings. The van der Waals surface area contributed by atoms with E-state index in [0.29, 0.717) is 42.7 Å². The summed E-state index contributed by atoms with van der Waals surface area (Å²) in [7, 11) is 1.63. The molecule has 0 aromatic heterocycles. The minimum Gasteiger partial charge on any atom is -0.497 e. The number of fused-ring (bicyclic) bond motifs is 2. The van der Waals surface area contributed by atoms with Crippen LogP contribution in [-0.2, 0) is 0 Å². The van der Waals surface area contributed by atoms with Crippen molar-refractivity contribution in [3.63, 3.8) is 0 Å². The molecule has 2 aliphatic rings. The molecule has 2 aliphatic heterocycles. The summed E-state index contributed by atoms with van der Waals surface area (Å²) in [6, 6.07) is 20.4. The number of halogens is 1. The number of ether oxygens (including phenoxy) is 2. The molecule has 0 radical (unpaired) electrons. The van der Waals surface area contributed by atoms with Gasteiger partial charge in [0, 0.05) is 43.0 Å². The molecule has 8 heteroatoms. The summed E-state index contributed by atoms with van der Waals surface area (Å²) in [4.78, 5) is 21.7. The zero-order valence-corrected chi connectivity index (χ0v) is 18.9. The number of amides is 2. The van der Waals surface area contributed by atoms with Crippen LogP contribution in [0.3, 0.4) is 0 Å². The fourth-order valence-electron chi connectivity index (χ4n) is 3.93. The highest BCUT2D eigenvalue weighted by atomic mass is 35.5. The monoisotopic (exact) mass is 462 g/mol. The van der Waals surface area contributed by atoms with Crippen molar-refractivity contribution in [2.24, 2.45) is 4.99 Å². The number of carbonyl (C=O) groups excluding carboxylic acids is 1. The third-order valence-corrected chi connectivity index (χ3v) is 5.96. The van der Waals surface area contributed by atoms with Crippen LogP contribution in [0.5, 0.6) is 17.2 Å². The summed E-state index contributed by atoms with van der Waals surface area (Å²) >= 11 is 5.93. The van der Waals surface area contributed by atoms with Crippen LogP contribution >= 0.6 is 11.6 Å². The van der Waals surface area contributed by atoms with Crippen LogP contribution in [0.4, 0.5) is 16.2 Å². The fourth-order valence-corrected chi connectivity index (χ4v) is 4.05. The van der Waals surface area contributed by atoms with E-state index in [0.717, 1.165) is 28.5 Å². The molecule has 2 heterocycles. The van der Waals surface area contributed by atoms with Crippen molar-refractivity contribution < 1.29 is 14.3 Å². The Kier molecular flexibility index (Phi) is 5.79. The van der Waals surface area contributed by atoms with Gasteiger partial charge in [0.1, 0.15) is 23.0 Å². The van der Waals surface area contributed by atoms with E-state index in [1.165, 1.54) is 0 Å². The molecule has 33 heavy (non-hydrogen) atoms. The number of methoxy groups -OCH3 is 1. The van der Waals surface area contributed by atoms with Gasteiger partial charge in [-0.25, -0.2) is 9.79 Å². The number of carbonyl (C=O) groups is 1. The SMILES string of the molecule is COc1ccc2c(c1)Oc1ccccc1N=C2N1CCN(C(=O)Nc2ccc(Cl)cc2)CC1. The second-order valence-corrected chi connectivity index (χ2v) is 8.21. The maximum absolute atomic E-state index is 12.7. The topological polar surface area (TPSA) is 66.4 Å². The average Bonchev–Trinajstić information content (AvgIpc) is 3.01. The van der Waals surface area contributed by atoms with Crippen molar-refractivity contribution in [2.75, 3.05) is 38.6 Å². The van der Waals surface area contributed by atoms with Gasteiger partial charge < -0.3 is 24.6 Å². The van der Waals surface area contributed by atoms with E-state index in [2.05, 4.69) is 10.2 Å². The highest BCUT2D eigenvalue weighted by molar-refractivity contribution is 6.30. The van der Waals surface area contributed by atoms with Gasteiger partial charge in [0.05, 0.1) is 12.7 Å². The molecule has 168 valence electrons. The summed E-state index contributed by atoms with van der Waals surface area (Å²) in [6.45, 7) is 2.46. The van der Waals surface area contributed by atoms with E-state index in [-0.39, 0.29) is 6.03 Å². The standard InChI is InChI=1S/C25H23ClN4O3/c1-32-19-10-11-20-23(16-19)33-22-5-3-2-4-21(22)28-24(20)29-12-14-30(15-13-29)25(31)27-18-8-6-17(26)7-9-18/h2-11,16H,12-15H2,1H3,(H,27,31). The molecular weight excluding hydrogens is 440 g/mol. The zero-order chi connectivity index (χ0) is 22.8. The first-order valence-corrected chi connectivity index (χ1v) is 11.1. The van der Waals surface area contributed by atoms with Crippen LogP contribution < -0.4 is 14.8 Å². The average molecular weight is 463 g/mol. The largest absolute Gasteiger partial charge is 0.497 e. The molecular formula is C25H23ClN4O3. The number of rotatable bonds is 2. The van der Waals surface area contributed by atoms with Crippen molar-refractivity contribution >= 4 is 34.8 Å². The summed E-state index contributed by atoms with van der Waals surface area (Å²) in [5.41, 5.74) is 2.38. The number of para-hydroxylation sites is 2. The van der Waals surface area contributed by atoms with Gasteiger partial charge in [-0.2, -0.15) is 0 Å². The Hall–Kier alpha value is -3.71. The van der Waals surface area contributed by atoms with Crippen LogP contribution in [0.2, 0.25) is 5.02 Å². The van der Waals surface area contributed by atoms with Crippen molar-refractivity contribution in [3.05, 3.63) is 77.3 Å². The van der Waals surface area contributed by atoms with Gasteiger partial charge >= 0.3 is 6.03 Å². The summed E-state index contributed by atoms with van der Waals surface area (Å²) < 4.78 is 11.6. The molecule has 2 amide bonds. The van der Waals surface area contributed by atoms with Gasteiger partial charge in [-0.05, 0) is 48.5 Å². The predicted molar refractivity (Wildman–Crippen MR) is 129 cm³/mol. The van der Waals surface area contributed by atoms with E-state index >= 15 is 0 Å². The van der Waals surface area contributed by atoms with Gasteiger partial charge in [-0.1, -0.05) is 23.7 Å². The molecule has 0 spiro atoms. The third kappa shape index (κ3) is 4.45. The highest BCUT2D eigenvalue weighted by Crippen LogP contribution is 2.39. The molecule has 0 atom stereocenters. The lowest BCUT2D eigenvalue weighted by atomic mass is 10.1. The van der Waals surface area contributed by atoms with Gasteiger partial charge in [-0.3, -0.25) is 0 Å². The van der Waals surface area contributed by atoms with Crippen LogP contribution in [0.25, 0.3) is 0 Å². The molecule has 3 aromatic carbocycles. The Morgan fingerprint density at radius 2 is 1.76 bits per heavy atom. The normalized spacial score (nSPS) is 14.9. The third-order valence-electron chi connectivity index (χ3n) is 5.70. The second-order valence-electron chi connectivity index (χ2n) is 7.78. The van der Waals surface area contributed by atoms with E-state index in [4.69, 9.17) is 26.1 Å². The number of nitrogens with zero attached hydrogens (tertiary/aromatic N) is 3. The number of benzene rings is 3. The number of anilines is 1. The Balaban J connectivity index is 1.35. The first-order chi connectivity index (χ1) is 16.1. The Bertz CT molecular complexity index is 1200. The smallest absolute Gasteiger partial charge is 0.321 e. The first kappa shape index (κ1) is 21.2. The molecule has 0 unspecified atom stereocenters. The predicted octanol–water partition coefficient (Wildman–Crippen LogP) is 5.38. The van der Waals surface area contributed by atoms with Crippen LogP contribution in [0, 0.1) is 0 Å². The van der Waals surface area contributed by atoms with Crippen LogP contribution in [0.1, 0.15) is 5.56 Å². The molecule has 1 N–H and O–H groups in total. The fraction of sp³-hybridized carbons (Fsp3) is 0.200. The molecule has 7 nitrogen and oxygen atoms in total. The maximum atomic E-state index is 12.7. The number of nitrogens with one attached hydrogen (secondary N) is 1. The highest BCUT2D eigenvalue weighted by Gasteiger charge is 2.28. The summed E-state index contributed by atoms with van der Waals surface area (Å²) in [5, 5.41) is 3.56. The maximum Gasteiger partial charge on any atom is 0.321 e. The number of amidine groups is 1. The Labute approximate surface area is 197 Å². The number of urea groups is 1. The Morgan fingerprint density at radius 1 is 1.00 bits per heavy atom. The summed E-state index contributed by atoms with van der Waals surface area (Å²) in [5.74, 6) is 2.94. The van der Waals surface area contributed by atoms with Gasteiger partial charge in [-0.15, -0.1) is 0 Å². The van der Waals surface area contributed by atoms with Crippen molar-refractivity contribution in [3.8, 4) is 17.2 Å². The minimum atomic E-state index is -0.126. The number of hydrogen-bond acceptors (Lipinski definition) is 5. The lowest BCUT2D eigenvalue weighted by Gasteiger charge is -2.36. The number of hydrogen-bond donors (Lipinski definition) is 1. The quantitative estimate of drug-likeness (QED) is 0.555. The van der Waals surface area contributed by atoms with E-state index in [1.807, 2.05) is 47.4 Å². The number of aliphatic imine (C=N–C) groups is 1. The van der Waals surface area contributed by atoms with Crippen molar-refractivity contribution in [2.45, 2.75) is 0 Å². The van der Waals surface area contributed by atoms with Gasteiger partial charge in [0.15, 0.2) is 5.75 Å². The minimum absolute atomic E-state index is 0.126. The van der Waals surface area contributed by atoms with Crippen molar-refractivity contribution in [1.82, 2.24) is 9.80 Å². The second kappa shape index (κ2) is 9.03. The van der Waals surface area contributed by atoms with Gasteiger partial charge in [0.25, 0.3) is 0 Å². The Morgan fingerprint density at radius 3 is 2.52 bits per heavy atom. The first-order valence-electron chi connectivity index (χ1n) is 10.7. The van der Waals surface area contributed by atoms with Crippen LogP contribution in [0.15, 0.2) is 71.7 Å². The molecule has 3 aromatic rings. The molecule has 0 aliphatic carbocycles.